The summed E-state index contributed by atoms with van der Waals surface area (Å²) in [5, 5.41) is 9.39. The Morgan fingerprint density at radius 1 is 1.11 bits per heavy atom. The van der Waals surface area contributed by atoms with E-state index in [0.717, 1.165) is 16.7 Å². The number of pyridine rings is 1. The number of nitrogens with zero attached hydrogens (tertiary/aromatic N) is 2. The molecular weight excluding hydrogens is 378 g/mol. The van der Waals surface area contributed by atoms with Gasteiger partial charge < -0.3 is 14.8 Å². The van der Waals surface area contributed by atoms with Gasteiger partial charge in [0.1, 0.15) is 17.1 Å². The third-order valence-electron chi connectivity index (χ3n) is 4.43. The first-order chi connectivity index (χ1) is 13.2. The highest BCUT2D eigenvalue weighted by Gasteiger charge is 2.16. The summed E-state index contributed by atoms with van der Waals surface area (Å²) in [4.78, 5) is 23.3. The summed E-state index contributed by atoms with van der Waals surface area (Å²) in [7, 11) is 1.54. The van der Waals surface area contributed by atoms with E-state index in [4.69, 9.17) is 4.74 Å². The Kier molecular flexibility index (Phi) is 5.61. The second kappa shape index (κ2) is 8.10. The molecule has 0 saturated carbocycles. The second-order valence-corrected chi connectivity index (χ2v) is 6.14. The fourth-order valence-corrected chi connectivity index (χ4v) is 3.09. The Hall–Kier alpha value is -3.38. The predicted octanol–water partition coefficient (Wildman–Crippen LogP) is 4.34. The molecule has 0 unspecified atom stereocenters. The number of ether oxygens (including phenoxy) is 1. The number of imidazole rings is 1. The molecule has 4 rings (SSSR count). The Labute approximate surface area is 167 Å². The summed E-state index contributed by atoms with van der Waals surface area (Å²) < 4.78 is 5.31. The minimum atomic E-state index is -1.00. The smallest absolute Gasteiger partial charge is 0.337 e. The number of aromatic carboxylic acids is 1. The fourth-order valence-electron chi connectivity index (χ4n) is 3.09. The van der Waals surface area contributed by atoms with Gasteiger partial charge in [-0.3, -0.25) is 4.98 Å². The molecule has 0 fully saturated rings. The first kappa shape index (κ1) is 19.4. The molecule has 6 nitrogen and oxygen atoms in total. The van der Waals surface area contributed by atoms with Gasteiger partial charge in [-0.1, -0.05) is 30.3 Å². The molecule has 0 amide bonds. The maximum absolute atomic E-state index is 11.5. The van der Waals surface area contributed by atoms with E-state index >= 15 is 0 Å². The summed E-state index contributed by atoms with van der Waals surface area (Å²) in [6, 6.07) is 15.2. The molecule has 0 aliphatic rings. The SMILES string of the molecule is COc1ccc(C(=O)O)c2[nH]c(Cc3ccc(-c4cccnc4)cc3)nc12.Cl. The van der Waals surface area contributed by atoms with Crippen LogP contribution in [0.4, 0.5) is 0 Å². The van der Waals surface area contributed by atoms with Crippen molar-refractivity contribution in [2.24, 2.45) is 0 Å². The van der Waals surface area contributed by atoms with Crippen LogP contribution >= 0.6 is 12.4 Å². The van der Waals surface area contributed by atoms with Crippen LogP contribution in [0.3, 0.4) is 0 Å². The van der Waals surface area contributed by atoms with Crippen molar-refractivity contribution in [2.75, 3.05) is 7.11 Å². The third-order valence-corrected chi connectivity index (χ3v) is 4.43. The van der Waals surface area contributed by atoms with Crippen LogP contribution in [0.1, 0.15) is 21.7 Å². The van der Waals surface area contributed by atoms with E-state index in [0.29, 0.717) is 29.0 Å². The Morgan fingerprint density at radius 3 is 2.54 bits per heavy atom. The third kappa shape index (κ3) is 3.68. The van der Waals surface area contributed by atoms with Gasteiger partial charge in [0.15, 0.2) is 0 Å². The highest BCUT2D eigenvalue weighted by atomic mass is 35.5. The molecule has 0 atom stereocenters. The lowest BCUT2D eigenvalue weighted by Crippen LogP contribution is -1.98. The number of carboxylic acids is 1. The Morgan fingerprint density at radius 2 is 1.89 bits per heavy atom. The molecule has 0 radical (unpaired) electrons. The molecule has 142 valence electrons. The van der Waals surface area contributed by atoms with Crippen molar-refractivity contribution < 1.29 is 14.6 Å². The Bertz CT molecular complexity index is 1110. The van der Waals surface area contributed by atoms with Crippen LogP contribution in [-0.4, -0.2) is 33.1 Å². The molecule has 0 aliphatic carbocycles. The molecule has 0 aliphatic heterocycles. The molecule has 2 N–H and O–H groups in total. The van der Waals surface area contributed by atoms with Crippen LogP contribution in [0.25, 0.3) is 22.2 Å². The van der Waals surface area contributed by atoms with E-state index in [1.165, 1.54) is 6.07 Å². The van der Waals surface area contributed by atoms with Gasteiger partial charge in [-0.15, -0.1) is 12.4 Å². The molecule has 0 spiro atoms. The summed E-state index contributed by atoms with van der Waals surface area (Å²) in [5.74, 6) is 0.231. The number of carboxylic acid groups (broad SMARTS) is 1. The highest BCUT2D eigenvalue weighted by molar-refractivity contribution is 6.02. The summed E-state index contributed by atoms with van der Waals surface area (Å²) in [6.45, 7) is 0. The van der Waals surface area contributed by atoms with E-state index in [9.17, 15) is 9.90 Å². The summed E-state index contributed by atoms with van der Waals surface area (Å²) >= 11 is 0. The minimum Gasteiger partial charge on any atom is -0.494 e. The number of fused-ring (bicyclic) bond motifs is 1. The van der Waals surface area contributed by atoms with Gasteiger partial charge in [-0.05, 0) is 34.9 Å². The molecule has 2 aromatic carbocycles. The monoisotopic (exact) mass is 395 g/mol. The van der Waals surface area contributed by atoms with Gasteiger partial charge in [0.25, 0.3) is 0 Å². The molecular formula is C21H18ClN3O3. The zero-order chi connectivity index (χ0) is 18.8. The molecule has 0 bridgehead atoms. The van der Waals surface area contributed by atoms with Crippen LogP contribution in [0.5, 0.6) is 5.75 Å². The molecule has 0 saturated heterocycles. The fraction of sp³-hybridized carbons (Fsp3) is 0.0952. The number of hydrogen-bond donors (Lipinski definition) is 2. The first-order valence-electron chi connectivity index (χ1n) is 8.44. The molecule has 2 heterocycles. The van der Waals surface area contributed by atoms with E-state index in [2.05, 4.69) is 15.0 Å². The van der Waals surface area contributed by atoms with Crippen LogP contribution in [0.15, 0.2) is 60.9 Å². The first-order valence-corrected chi connectivity index (χ1v) is 8.44. The van der Waals surface area contributed by atoms with Gasteiger partial charge in [0.05, 0.1) is 18.2 Å². The van der Waals surface area contributed by atoms with Gasteiger partial charge in [-0.2, -0.15) is 0 Å². The quantitative estimate of drug-likeness (QED) is 0.524. The van der Waals surface area contributed by atoms with Gasteiger partial charge in [-0.25, -0.2) is 9.78 Å². The van der Waals surface area contributed by atoms with Crippen molar-refractivity contribution in [1.82, 2.24) is 15.0 Å². The van der Waals surface area contributed by atoms with Crippen molar-refractivity contribution in [3.05, 3.63) is 77.9 Å². The molecule has 7 heteroatoms. The topological polar surface area (TPSA) is 88.1 Å². The number of aromatic nitrogens is 3. The molecule has 4 aromatic rings. The molecule has 2 aromatic heterocycles. The van der Waals surface area contributed by atoms with Crippen LogP contribution in [-0.2, 0) is 6.42 Å². The van der Waals surface area contributed by atoms with E-state index < -0.39 is 5.97 Å². The van der Waals surface area contributed by atoms with Crippen LogP contribution < -0.4 is 4.74 Å². The predicted molar refractivity (Wildman–Crippen MR) is 109 cm³/mol. The number of aromatic amines is 1. The number of benzene rings is 2. The van der Waals surface area contributed by atoms with Crippen molar-refractivity contribution in [3.8, 4) is 16.9 Å². The van der Waals surface area contributed by atoms with E-state index in [1.54, 1.807) is 19.4 Å². The summed E-state index contributed by atoms with van der Waals surface area (Å²) in [6.07, 6.45) is 4.14. The van der Waals surface area contributed by atoms with Crippen molar-refractivity contribution in [1.29, 1.82) is 0 Å². The zero-order valence-electron chi connectivity index (χ0n) is 15.0. The van der Waals surface area contributed by atoms with Crippen molar-refractivity contribution >= 4 is 29.4 Å². The standard InChI is InChI=1S/C21H17N3O3.ClH/c1-27-17-9-8-16(21(25)26)19-20(17)24-18(23-19)11-13-4-6-14(7-5-13)15-3-2-10-22-12-15;/h2-10,12H,11H2,1H3,(H,23,24)(H,25,26);1H. The number of carbonyl (C=O) groups is 1. The normalized spacial score (nSPS) is 10.5. The average molecular weight is 396 g/mol. The number of nitrogens with one attached hydrogen (secondary N) is 1. The number of halogens is 1. The lowest BCUT2D eigenvalue weighted by atomic mass is 10.0. The number of hydrogen-bond acceptors (Lipinski definition) is 4. The zero-order valence-corrected chi connectivity index (χ0v) is 15.9. The van der Waals surface area contributed by atoms with Crippen molar-refractivity contribution in [2.45, 2.75) is 6.42 Å². The van der Waals surface area contributed by atoms with E-state index in [1.807, 2.05) is 42.6 Å². The number of methoxy groups -OCH3 is 1. The summed E-state index contributed by atoms with van der Waals surface area (Å²) in [5.41, 5.74) is 4.40. The number of H-pyrrole nitrogens is 1. The maximum Gasteiger partial charge on any atom is 0.337 e. The Balaban J connectivity index is 0.00000225. The minimum absolute atomic E-state index is 0. The van der Waals surface area contributed by atoms with Crippen LogP contribution in [0.2, 0.25) is 0 Å². The van der Waals surface area contributed by atoms with Gasteiger partial charge in [0, 0.05) is 18.8 Å². The van der Waals surface area contributed by atoms with Gasteiger partial charge in [0.2, 0.25) is 0 Å². The molecule has 28 heavy (non-hydrogen) atoms. The lowest BCUT2D eigenvalue weighted by molar-refractivity contribution is 0.0699. The van der Waals surface area contributed by atoms with Crippen LogP contribution in [0, 0.1) is 0 Å². The largest absolute Gasteiger partial charge is 0.494 e. The van der Waals surface area contributed by atoms with Crippen molar-refractivity contribution in [3.63, 3.8) is 0 Å². The van der Waals surface area contributed by atoms with E-state index in [-0.39, 0.29) is 18.0 Å². The second-order valence-electron chi connectivity index (χ2n) is 6.14. The highest BCUT2D eigenvalue weighted by Crippen LogP contribution is 2.27. The van der Waals surface area contributed by atoms with Gasteiger partial charge >= 0.3 is 5.97 Å². The maximum atomic E-state index is 11.5. The number of rotatable bonds is 5. The lowest BCUT2D eigenvalue weighted by Gasteiger charge is -2.03. The average Bonchev–Trinajstić information content (AvgIpc) is 3.11.